The zero-order valence-corrected chi connectivity index (χ0v) is 15.9. The molecule has 0 aliphatic heterocycles. The maximum atomic E-state index is 11.2. The number of carbonyl (C=O) groups excluding carboxylic acids is 1. The number of aliphatic hydroxyl groups is 2. The largest absolute Gasteiger partial charge is 0.386 e. The van der Waals surface area contributed by atoms with Gasteiger partial charge in [0.05, 0.1) is 6.42 Å². The maximum absolute atomic E-state index is 11.2. The van der Waals surface area contributed by atoms with Crippen LogP contribution in [0.5, 0.6) is 0 Å². The van der Waals surface area contributed by atoms with Gasteiger partial charge in [0, 0.05) is 22.7 Å². The molecule has 2 N–H and O–H groups in total. The van der Waals surface area contributed by atoms with Crippen LogP contribution in [0.3, 0.4) is 0 Å². The van der Waals surface area contributed by atoms with Crippen LogP contribution >= 0.6 is 0 Å². The average Bonchev–Trinajstić information content (AvgIpc) is 2.61. The van der Waals surface area contributed by atoms with Crippen molar-refractivity contribution in [2.75, 3.05) is 0 Å². The van der Waals surface area contributed by atoms with E-state index in [-0.39, 0.29) is 12.8 Å². The van der Waals surface area contributed by atoms with Crippen LogP contribution in [0.25, 0.3) is 0 Å². The van der Waals surface area contributed by atoms with Gasteiger partial charge in [0.1, 0.15) is 12.2 Å². The first-order valence-electron chi connectivity index (χ1n) is 9.48. The lowest BCUT2D eigenvalue weighted by atomic mass is 9.95. The fourth-order valence-corrected chi connectivity index (χ4v) is 2.78. The number of hydrogen-bond donors (Lipinski definition) is 2. The molecule has 4 unspecified atom stereocenters. The van der Waals surface area contributed by atoms with Gasteiger partial charge in [-0.25, -0.2) is 0 Å². The van der Waals surface area contributed by atoms with Crippen molar-refractivity contribution in [3.63, 3.8) is 0 Å². The Kier molecular flexibility index (Phi) is 14.2. The Morgan fingerprint density at radius 3 is 2.19 bits per heavy atom. The normalized spacial score (nSPS) is 16.0. The topological polar surface area (TPSA) is 144 Å². The highest BCUT2D eigenvalue weighted by Crippen LogP contribution is 2.18. The van der Waals surface area contributed by atoms with E-state index in [0.717, 1.165) is 19.3 Å². The maximum Gasteiger partial charge on any atom is 0.242 e. The van der Waals surface area contributed by atoms with E-state index in [2.05, 4.69) is 0 Å². The number of nitrogens with zero attached hydrogens (tertiary/aromatic N) is 2. The molecule has 0 aliphatic rings. The third kappa shape index (κ3) is 11.4. The minimum absolute atomic E-state index is 0.0513. The molecule has 4 atom stereocenters. The number of hydrogen-bond acceptors (Lipinski definition) is 7. The van der Waals surface area contributed by atoms with Crippen LogP contribution in [0.4, 0.5) is 0 Å². The van der Waals surface area contributed by atoms with Gasteiger partial charge in [0.2, 0.25) is 12.1 Å². The molecule has 27 heavy (non-hydrogen) atoms. The molecule has 0 rings (SSSR count). The van der Waals surface area contributed by atoms with Crippen molar-refractivity contribution >= 4 is 6.29 Å². The van der Waals surface area contributed by atoms with Gasteiger partial charge < -0.3 is 10.2 Å². The van der Waals surface area contributed by atoms with E-state index in [1.807, 2.05) is 6.92 Å². The Bertz CT molecular complexity index is 471. The van der Waals surface area contributed by atoms with Crippen molar-refractivity contribution in [2.45, 2.75) is 95.4 Å². The van der Waals surface area contributed by atoms with Gasteiger partial charge in [-0.05, 0) is 25.7 Å². The summed E-state index contributed by atoms with van der Waals surface area (Å²) >= 11 is 0. The van der Waals surface area contributed by atoms with Crippen LogP contribution in [0, 0.1) is 20.2 Å². The smallest absolute Gasteiger partial charge is 0.242 e. The van der Waals surface area contributed by atoms with Gasteiger partial charge in [-0.15, -0.1) is 0 Å². The molecule has 0 aromatic rings. The molecule has 0 aliphatic carbocycles. The molecule has 0 saturated carbocycles. The minimum Gasteiger partial charge on any atom is -0.386 e. The standard InChI is InChI=1S/C18H31N2O7/c1-2-3-8-12-17(22)16(20(26)27)14-18(23)15(19(24)25)11-9-6-4-5-7-10-13-21/h6,9,15-18,22-23H,2-5,7-8,10-12,14H2,1H3/b9-6-. The van der Waals surface area contributed by atoms with Crippen LogP contribution in [-0.4, -0.2) is 50.6 Å². The Morgan fingerprint density at radius 1 is 0.963 bits per heavy atom. The molecule has 9 heteroatoms. The second-order valence-electron chi connectivity index (χ2n) is 6.67. The molecular formula is C18H31N2O7. The Labute approximate surface area is 159 Å². The van der Waals surface area contributed by atoms with Gasteiger partial charge in [-0.3, -0.25) is 25.0 Å². The highest BCUT2D eigenvalue weighted by molar-refractivity contribution is 5.50. The second kappa shape index (κ2) is 15.2. The van der Waals surface area contributed by atoms with Crippen molar-refractivity contribution in [2.24, 2.45) is 0 Å². The van der Waals surface area contributed by atoms with E-state index in [0.29, 0.717) is 25.7 Å². The summed E-state index contributed by atoms with van der Waals surface area (Å²) in [5.41, 5.74) is 0. The summed E-state index contributed by atoms with van der Waals surface area (Å²) in [4.78, 5) is 31.2. The lowest BCUT2D eigenvalue weighted by molar-refractivity contribution is -0.553. The Hall–Kier alpha value is -1.87. The van der Waals surface area contributed by atoms with Crippen LogP contribution in [0.15, 0.2) is 12.2 Å². The fraction of sp³-hybridized carbons (Fsp3) is 0.833. The van der Waals surface area contributed by atoms with Crippen molar-refractivity contribution < 1.29 is 24.9 Å². The molecule has 155 valence electrons. The summed E-state index contributed by atoms with van der Waals surface area (Å²) in [6.07, 6.45) is 6.86. The zero-order valence-electron chi connectivity index (χ0n) is 15.9. The summed E-state index contributed by atoms with van der Waals surface area (Å²) in [5.74, 6) is 0. The number of allylic oxidation sites excluding steroid dienone is 1. The predicted molar refractivity (Wildman–Crippen MR) is 100 cm³/mol. The van der Waals surface area contributed by atoms with Gasteiger partial charge in [-0.2, -0.15) is 0 Å². The van der Waals surface area contributed by atoms with Crippen molar-refractivity contribution in [1.29, 1.82) is 0 Å². The lowest BCUT2D eigenvalue weighted by Gasteiger charge is -2.20. The number of aliphatic hydroxyl groups excluding tert-OH is 2. The monoisotopic (exact) mass is 387 g/mol. The van der Waals surface area contributed by atoms with Gasteiger partial charge in [0.25, 0.3) is 0 Å². The molecule has 0 fully saturated rings. The van der Waals surface area contributed by atoms with E-state index in [4.69, 9.17) is 0 Å². The van der Waals surface area contributed by atoms with Gasteiger partial charge in [0.15, 0.2) is 6.29 Å². The first-order chi connectivity index (χ1) is 12.8. The van der Waals surface area contributed by atoms with E-state index in [1.54, 1.807) is 18.4 Å². The number of nitro groups is 2. The highest BCUT2D eigenvalue weighted by atomic mass is 16.6. The van der Waals surface area contributed by atoms with Crippen molar-refractivity contribution in [3.05, 3.63) is 32.4 Å². The summed E-state index contributed by atoms with van der Waals surface area (Å²) in [7, 11) is 0. The predicted octanol–water partition coefficient (Wildman–Crippen LogP) is 2.59. The second-order valence-corrected chi connectivity index (χ2v) is 6.67. The first kappa shape index (κ1) is 25.1. The molecule has 0 heterocycles. The van der Waals surface area contributed by atoms with Crippen LogP contribution in [-0.2, 0) is 4.79 Å². The lowest BCUT2D eigenvalue weighted by Crippen LogP contribution is -2.42. The minimum atomic E-state index is -1.52. The van der Waals surface area contributed by atoms with E-state index >= 15 is 0 Å². The van der Waals surface area contributed by atoms with Crippen LogP contribution in [0.1, 0.15) is 71.1 Å². The summed E-state index contributed by atoms with van der Waals surface area (Å²) in [5, 5.41) is 42.6. The van der Waals surface area contributed by atoms with E-state index in [9.17, 15) is 35.2 Å². The molecule has 0 aromatic heterocycles. The third-order valence-corrected chi connectivity index (χ3v) is 4.46. The summed E-state index contributed by atoms with van der Waals surface area (Å²) in [6, 6.07) is -2.79. The summed E-state index contributed by atoms with van der Waals surface area (Å²) in [6.45, 7) is 1.97. The van der Waals surface area contributed by atoms with Gasteiger partial charge in [-0.1, -0.05) is 38.3 Å². The van der Waals surface area contributed by atoms with Crippen molar-refractivity contribution in [1.82, 2.24) is 0 Å². The average molecular weight is 387 g/mol. The molecular weight excluding hydrogens is 356 g/mol. The number of unbranched alkanes of at least 4 members (excludes halogenated alkanes) is 5. The Morgan fingerprint density at radius 2 is 1.63 bits per heavy atom. The SMILES string of the molecule is CCCCCC(O)C(CC(O)C(C/C=C\CCCC[C]=O)[N+](=O)[O-])[N+](=O)[O-]. The molecule has 9 nitrogen and oxygen atoms in total. The molecule has 0 saturated heterocycles. The van der Waals surface area contributed by atoms with Crippen LogP contribution in [0.2, 0.25) is 0 Å². The van der Waals surface area contributed by atoms with Crippen LogP contribution < -0.4 is 0 Å². The first-order valence-corrected chi connectivity index (χ1v) is 9.48. The zero-order chi connectivity index (χ0) is 20.7. The summed E-state index contributed by atoms with van der Waals surface area (Å²) < 4.78 is 0. The molecule has 1 radical (unpaired) electrons. The van der Waals surface area contributed by atoms with Crippen molar-refractivity contribution in [3.8, 4) is 0 Å². The highest BCUT2D eigenvalue weighted by Gasteiger charge is 2.38. The number of rotatable bonds is 17. The Balaban J connectivity index is 4.65. The van der Waals surface area contributed by atoms with E-state index in [1.165, 1.54) is 0 Å². The molecule has 0 aromatic carbocycles. The van der Waals surface area contributed by atoms with Gasteiger partial charge >= 0.3 is 0 Å². The fourth-order valence-electron chi connectivity index (χ4n) is 2.78. The molecule has 0 bridgehead atoms. The quantitative estimate of drug-likeness (QED) is 0.169. The molecule has 0 spiro atoms. The molecule has 0 amide bonds. The third-order valence-electron chi connectivity index (χ3n) is 4.46. The van der Waals surface area contributed by atoms with E-state index < -0.39 is 40.6 Å².